The van der Waals surface area contributed by atoms with Gasteiger partial charge in [-0.3, -0.25) is 9.78 Å². The summed E-state index contributed by atoms with van der Waals surface area (Å²) in [6, 6.07) is 10.0. The number of carboxylic acid groups (broad SMARTS) is 1. The number of aromatic carboxylic acids is 1. The molecule has 24 heavy (non-hydrogen) atoms. The van der Waals surface area contributed by atoms with Crippen LogP contribution in [0.1, 0.15) is 10.4 Å². The summed E-state index contributed by atoms with van der Waals surface area (Å²) in [4.78, 5) is 37.4. The van der Waals surface area contributed by atoms with Gasteiger partial charge < -0.3 is 15.8 Å². The smallest absolute Gasteiger partial charge is 0.338 e. The van der Waals surface area contributed by atoms with Gasteiger partial charge in [-0.1, -0.05) is 12.1 Å². The van der Waals surface area contributed by atoms with Crippen LogP contribution in [0.2, 0.25) is 0 Å². The fraction of sp³-hybridized carbons (Fsp3) is 0. The van der Waals surface area contributed by atoms with E-state index in [1.54, 1.807) is 36.4 Å². The number of carbonyl (C=O) groups is 1. The number of fused-ring (bicyclic) bond motifs is 1. The minimum Gasteiger partial charge on any atom is -0.478 e. The molecule has 0 atom stereocenters. The summed E-state index contributed by atoms with van der Waals surface area (Å²) >= 11 is 6.32. The molecular formula is C15H11Br2N3O4. The van der Waals surface area contributed by atoms with Crippen LogP contribution in [0.15, 0.2) is 54.9 Å². The Bertz CT molecular complexity index is 1010. The van der Waals surface area contributed by atoms with Crippen LogP contribution in [0.4, 0.5) is 5.69 Å². The SMILES string of the molecule is Nc1cccc(Br)c1C(=O)O.O=c1[nH]c(=O)c2c(Br)cccc2[nH]1. The first-order valence-corrected chi connectivity index (χ1v) is 8.08. The van der Waals surface area contributed by atoms with Crippen LogP contribution >= 0.6 is 31.9 Å². The van der Waals surface area contributed by atoms with E-state index in [0.717, 1.165) is 0 Å². The molecule has 7 nitrogen and oxygen atoms in total. The lowest BCUT2D eigenvalue weighted by molar-refractivity contribution is 0.0697. The van der Waals surface area contributed by atoms with E-state index < -0.39 is 11.7 Å². The van der Waals surface area contributed by atoms with Crippen LogP contribution in [0.3, 0.4) is 0 Å². The summed E-state index contributed by atoms with van der Waals surface area (Å²) in [5, 5.41) is 9.10. The largest absolute Gasteiger partial charge is 0.478 e. The minimum atomic E-state index is -1.02. The van der Waals surface area contributed by atoms with E-state index in [1.807, 2.05) is 0 Å². The van der Waals surface area contributed by atoms with Gasteiger partial charge in [0.05, 0.1) is 16.5 Å². The van der Waals surface area contributed by atoms with Crippen molar-refractivity contribution in [1.29, 1.82) is 0 Å². The molecule has 124 valence electrons. The number of nitrogen functional groups attached to an aromatic ring is 1. The second kappa shape index (κ2) is 7.45. The average Bonchev–Trinajstić information content (AvgIpc) is 2.46. The molecular weight excluding hydrogens is 446 g/mol. The topological polar surface area (TPSA) is 129 Å². The van der Waals surface area contributed by atoms with E-state index in [1.165, 1.54) is 0 Å². The Balaban J connectivity index is 0.000000177. The van der Waals surface area contributed by atoms with Gasteiger partial charge in [0.1, 0.15) is 0 Å². The van der Waals surface area contributed by atoms with Crippen LogP contribution < -0.4 is 17.0 Å². The van der Waals surface area contributed by atoms with Crippen LogP contribution in [0, 0.1) is 0 Å². The summed E-state index contributed by atoms with van der Waals surface area (Å²) in [6.07, 6.45) is 0. The molecule has 0 fully saturated rings. The zero-order valence-electron chi connectivity index (χ0n) is 12.0. The standard InChI is InChI=1S/C8H5BrN2O2.C7H6BrNO2/c9-4-2-1-3-5-6(4)7(12)11-8(13)10-5;8-4-2-1-3-5(9)6(4)7(10)11/h1-3H,(H2,10,11,12,13);1-3H,9H2,(H,10,11). The lowest BCUT2D eigenvalue weighted by Crippen LogP contribution is -2.21. The fourth-order valence-corrected chi connectivity index (χ4v) is 3.04. The molecule has 0 radical (unpaired) electrons. The fourth-order valence-electron chi connectivity index (χ4n) is 1.94. The van der Waals surface area contributed by atoms with E-state index in [4.69, 9.17) is 10.8 Å². The number of halogens is 2. The van der Waals surface area contributed by atoms with Crippen molar-refractivity contribution < 1.29 is 9.90 Å². The number of aromatic amines is 2. The van der Waals surface area contributed by atoms with Gasteiger partial charge in [-0.15, -0.1) is 0 Å². The van der Waals surface area contributed by atoms with E-state index >= 15 is 0 Å². The van der Waals surface area contributed by atoms with Gasteiger partial charge in [0.25, 0.3) is 5.56 Å². The Labute approximate surface area is 151 Å². The average molecular weight is 457 g/mol. The number of hydrogen-bond acceptors (Lipinski definition) is 4. The third-order valence-electron chi connectivity index (χ3n) is 2.98. The van der Waals surface area contributed by atoms with Crippen LogP contribution in [0.25, 0.3) is 10.9 Å². The van der Waals surface area contributed by atoms with Gasteiger partial charge in [0.2, 0.25) is 0 Å². The molecule has 0 amide bonds. The number of rotatable bonds is 1. The van der Waals surface area contributed by atoms with Crippen molar-refractivity contribution in [2.45, 2.75) is 0 Å². The Morgan fingerprint density at radius 2 is 1.62 bits per heavy atom. The maximum Gasteiger partial charge on any atom is 0.338 e. The highest BCUT2D eigenvalue weighted by atomic mass is 79.9. The molecule has 0 aliphatic rings. The monoisotopic (exact) mass is 455 g/mol. The summed E-state index contributed by atoms with van der Waals surface area (Å²) in [6.45, 7) is 0. The lowest BCUT2D eigenvalue weighted by Gasteiger charge is -2.01. The van der Waals surface area contributed by atoms with Crippen molar-refractivity contribution in [2.24, 2.45) is 0 Å². The summed E-state index contributed by atoms with van der Waals surface area (Å²) in [5.74, 6) is -1.02. The predicted molar refractivity (Wildman–Crippen MR) is 98.4 cm³/mol. The van der Waals surface area contributed by atoms with E-state index in [-0.39, 0.29) is 16.8 Å². The number of carboxylic acids is 1. The second-order valence-corrected chi connectivity index (χ2v) is 6.29. The molecule has 0 unspecified atom stereocenters. The van der Waals surface area contributed by atoms with Crippen molar-refractivity contribution in [2.75, 3.05) is 5.73 Å². The molecule has 0 spiro atoms. The molecule has 1 aromatic heterocycles. The quantitative estimate of drug-likeness (QED) is 0.418. The molecule has 0 bridgehead atoms. The maximum absolute atomic E-state index is 11.3. The number of H-pyrrole nitrogens is 2. The van der Waals surface area contributed by atoms with Crippen LogP contribution in [-0.4, -0.2) is 21.0 Å². The zero-order chi connectivity index (χ0) is 17.9. The normalized spacial score (nSPS) is 10.1. The molecule has 3 aromatic rings. The third-order valence-corrected chi connectivity index (χ3v) is 4.30. The highest BCUT2D eigenvalue weighted by molar-refractivity contribution is 9.11. The molecule has 2 aromatic carbocycles. The van der Waals surface area contributed by atoms with Crippen molar-refractivity contribution in [3.63, 3.8) is 0 Å². The van der Waals surface area contributed by atoms with Crippen molar-refractivity contribution in [3.8, 4) is 0 Å². The predicted octanol–water partition coefficient (Wildman–Crippen LogP) is 2.71. The number of aromatic nitrogens is 2. The third kappa shape index (κ3) is 3.92. The zero-order valence-corrected chi connectivity index (χ0v) is 15.1. The second-order valence-electron chi connectivity index (χ2n) is 4.58. The molecule has 5 N–H and O–H groups in total. The van der Waals surface area contributed by atoms with Gasteiger partial charge in [-0.25, -0.2) is 9.59 Å². The van der Waals surface area contributed by atoms with Crippen molar-refractivity contribution in [3.05, 3.63) is 71.7 Å². The molecule has 1 heterocycles. The number of hydrogen-bond donors (Lipinski definition) is 4. The number of nitrogens with two attached hydrogens (primary N) is 1. The maximum atomic E-state index is 11.3. The van der Waals surface area contributed by atoms with Gasteiger partial charge in [-0.05, 0) is 56.1 Å². The summed E-state index contributed by atoms with van der Waals surface area (Å²) < 4.78 is 1.17. The first-order valence-electron chi connectivity index (χ1n) is 6.49. The van der Waals surface area contributed by atoms with Gasteiger partial charge >= 0.3 is 11.7 Å². The lowest BCUT2D eigenvalue weighted by atomic mass is 10.2. The number of anilines is 1. The molecule has 0 aliphatic carbocycles. The highest BCUT2D eigenvalue weighted by Gasteiger charge is 2.10. The van der Waals surface area contributed by atoms with E-state index in [0.29, 0.717) is 19.8 Å². The number of nitrogens with one attached hydrogen (secondary N) is 2. The molecule has 0 aliphatic heterocycles. The summed E-state index contributed by atoms with van der Waals surface area (Å²) in [7, 11) is 0. The van der Waals surface area contributed by atoms with E-state index in [9.17, 15) is 14.4 Å². The van der Waals surface area contributed by atoms with Gasteiger partial charge in [0, 0.05) is 14.6 Å². The molecule has 0 saturated heterocycles. The Kier molecular flexibility index (Phi) is 5.58. The van der Waals surface area contributed by atoms with Crippen LogP contribution in [0.5, 0.6) is 0 Å². The highest BCUT2D eigenvalue weighted by Crippen LogP contribution is 2.21. The first-order chi connectivity index (χ1) is 11.3. The van der Waals surface area contributed by atoms with E-state index in [2.05, 4.69) is 41.8 Å². The van der Waals surface area contributed by atoms with Crippen molar-refractivity contribution in [1.82, 2.24) is 9.97 Å². The van der Waals surface area contributed by atoms with Gasteiger partial charge in [-0.2, -0.15) is 0 Å². The van der Waals surface area contributed by atoms with Crippen LogP contribution in [-0.2, 0) is 0 Å². The Hall–Kier alpha value is -2.39. The van der Waals surface area contributed by atoms with Crippen molar-refractivity contribution >= 4 is 54.4 Å². The Morgan fingerprint density at radius 3 is 2.21 bits per heavy atom. The van der Waals surface area contributed by atoms with Gasteiger partial charge in [0.15, 0.2) is 0 Å². The molecule has 0 saturated carbocycles. The Morgan fingerprint density at radius 1 is 1.00 bits per heavy atom. The minimum absolute atomic E-state index is 0.118. The summed E-state index contributed by atoms with van der Waals surface area (Å²) in [5.41, 5.74) is 5.46. The molecule has 9 heteroatoms. The number of benzene rings is 2. The first kappa shape index (κ1) is 18.0. The molecule has 3 rings (SSSR count).